The van der Waals surface area contributed by atoms with Crippen molar-refractivity contribution in [1.82, 2.24) is 10.2 Å². The number of hydrogen-bond donors (Lipinski definition) is 1. The molecule has 1 N–H and O–H groups in total. The molecule has 0 spiro atoms. The molecule has 2 heterocycles. The van der Waals surface area contributed by atoms with E-state index in [1.165, 1.54) is 0 Å². The van der Waals surface area contributed by atoms with Crippen LogP contribution in [0, 0.1) is 0 Å². The van der Waals surface area contributed by atoms with Gasteiger partial charge in [0.25, 0.3) is 0 Å². The number of ketones is 1. The minimum Gasteiger partial charge on any atom is -0.454 e. The summed E-state index contributed by atoms with van der Waals surface area (Å²) >= 11 is 0. The molecule has 106 valence electrons. The van der Waals surface area contributed by atoms with Gasteiger partial charge < -0.3 is 14.8 Å². The fourth-order valence-corrected chi connectivity index (χ4v) is 2.34. The minimum atomic E-state index is 0.0256. The molecule has 2 aliphatic rings. The second-order valence-corrected chi connectivity index (χ2v) is 4.87. The van der Waals surface area contributed by atoms with E-state index in [0.29, 0.717) is 49.7 Å². The average Bonchev–Trinajstić information content (AvgIpc) is 2.82. The van der Waals surface area contributed by atoms with Crippen molar-refractivity contribution in [3.63, 3.8) is 0 Å². The van der Waals surface area contributed by atoms with Gasteiger partial charge in [0.1, 0.15) is 0 Å². The summed E-state index contributed by atoms with van der Waals surface area (Å²) in [6.07, 6.45) is 0.439. The van der Waals surface area contributed by atoms with E-state index in [1.807, 2.05) is 4.90 Å². The van der Waals surface area contributed by atoms with E-state index >= 15 is 0 Å². The summed E-state index contributed by atoms with van der Waals surface area (Å²) in [5.41, 5.74) is 0.609. The molecule has 1 aromatic rings. The molecule has 0 aliphatic carbocycles. The number of ether oxygens (including phenoxy) is 2. The van der Waals surface area contributed by atoms with Crippen molar-refractivity contribution in [2.45, 2.75) is 6.42 Å². The third kappa shape index (κ3) is 2.75. The summed E-state index contributed by atoms with van der Waals surface area (Å²) in [5.74, 6) is 1.36. The molecule has 1 aromatic carbocycles. The van der Waals surface area contributed by atoms with Gasteiger partial charge >= 0.3 is 0 Å². The van der Waals surface area contributed by atoms with Crippen LogP contribution >= 0.6 is 0 Å². The predicted octanol–water partition coefficient (Wildman–Crippen LogP) is 0.420. The van der Waals surface area contributed by atoms with Crippen molar-refractivity contribution in [2.24, 2.45) is 0 Å². The number of Topliss-reactive ketones (excluding diaryl/α,β-unsaturated/α-hetero) is 1. The van der Waals surface area contributed by atoms with Gasteiger partial charge in [0, 0.05) is 31.6 Å². The first kappa shape index (κ1) is 12.9. The Kier molecular flexibility index (Phi) is 3.56. The molecule has 1 fully saturated rings. The summed E-state index contributed by atoms with van der Waals surface area (Å²) in [5, 5.41) is 2.79. The third-order valence-electron chi connectivity index (χ3n) is 3.47. The number of rotatable bonds is 3. The summed E-state index contributed by atoms with van der Waals surface area (Å²) in [6, 6.07) is 5.21. The van der Waals surface area contributed by atoms with Gasteiger partial charge in [-0.05, 0) is 18.2 Å². The Morgan fingerprint density at radius 2 is 2.10 bits per heavy atom. The summed E-state index contributed by atoms with van der Waals surface area (Å²) in [4.78, 5) is 25.5. The maximum Gasteiger partial charge on any atom is 0.231 e. The molecular weight excluding hydrogens is 260 g/mol. The summed E-state index contributed by atoms with van der Waals surface area (Å²) < 4.78 is 10.5. The normalized spacial score (nSPS) is 18.5. The quantitative estimate of drug-likeness (QED) is 0.810. The fourth-order valence-electron chi connectivity index (χ4n) is 2.34. The molecule has 6 heteroatoms. The molecular formula is C14H16N2O4. The van der Waals surface area contributed by atoms with Crippen molar-refractivity contribution in [1.29, 1.82) is 0 Å². The minimum absolute atomic E-state index is 0.0256. The zero-order valence-corrected chi connectivity index (χ0v) is 11.1. The number of carbonyl (C=O) groups excluding carboxylic acids is 2. The maximum absolute atomic E-state index is 12.3. The van der Waals surface area contributed by atoms with Gasteiger partial charge in [-0.2, -0.15) is 0 Å². The lowest BCUT2D eigenvalue weighted by molar-refractivity contribution is -0.120. The number of hydrogen-bond acceptors (Lipinski definition) is 5. The Bertz CT molecular complexity index is 544. The zero-order valence-electron chi connectivity index (χ0n) is 11.1. The van der Waals surface area contributed by atoms with Crippen molar-refractivity contribution in [3.8, 4) is 11.5 Å². The molecule has 1 saturated heterocycles. The molecule has 0 saturated carbocycles. The van der Waals surface area contributed by atoms with Gasteiger partial charge in [0.05, 0.1) is 6.54 Å². The molecule has 0 unspecified atom stereocenters. The van der Waals surface area contributed by atoms with Gasteiger partial charge in [-0.25, -0.2) is 0 Å². The van der Waals surface area contributed by atoms with Crippen LogP contribution in [0.15, 0.2) is 18.2 Å². The molecule has 3 rings (SSSR count). The monoisotopic (exact) mass is 276 g/mol. The topological polar surface area (TPSA) is 67.9 Å². The van der Waals surface area contributed by atoms with Crippen LogP contribution in [0.1, 0.15) is 16.8 Å². The number of fused-ring (bicyclic) bond motifs is 1. The third-order valence-corrected chi connectivity index (χ3v) is 3.47. The van der Waals surface area contributed by atoms with Gasteiger partial charge in [-0.3, -0.25) is 14.5 Å². The zero-order chi connectivity index (χ0) is 13.9. The highest BCUT2D eigenvalue weighted by atomic mass is 16.7. The number of nitrogens with one attached hydrogen (secondary N) is 1. The lowest BCUT2D eigenvalue weighted by atomic mass is 10.1. The summed E-state index contributed by atoms with van der Waals surface area (Å²) in [7, 11) is 0. The van der Waals surface area contributed by atoms with Gasteiger partial charge in [-0.15, -0.1) is 0 Å². The average molecular weight is 276 g/mol. The highest BCUT2D eigenvalue weighted by molar-refractivity contribution is 5.98. The predicted molar refractivity (Wildman–Crippen MR) is 71.0 cm³/mol. The van der Waals surface area contributed by atoms with Crippen LogP contribution in [0.5, 0.6) is 11.5 Å². The van der Waals surface area contributed by atoms with Crippen LogP contribution in [0.25, 0.3) is 0 Å². The first-order valence-electron chi connectivity index (χ1n) is 6.64. The number of nitrogens with zero attached hydrogens (tertiary/aromatic N) is 1. The van der Waals surface area contributed by atoms with E-state index in [4.69, 9.17) is 9.47 Å². The Labute approximate surface area is 116 Å². The van der Waals surface area contributed by atoms with Crippen LogP contribution in [0.4, 0.5) is 0 Å². The Hall–Kier alpha value is -2.08. The van der Waals surface area contributed by atoms with E-state index in [0.717, 1.165) is 0 Å². The molecule has 6 nitrogen and oxygen atoms in total. The maximum atomic E-state index is 12.3. The first-order valence-corrected chi connectivity index (χ1v) is 6.64. The van der Waals surface area contributed by atoms with Crippen LogP contribution in [-0.4, -0.2) is 49.6 Å². The highest BCUT2D eigenvalue weighted by Crippen LogP contribution is 2.32. The van der Waals surface area contributed by atoms with Gasteiger partial charge in [0.15, 0.2) is 17.3 Å². The largest absolute Gasteiger partial charge is 0.454 e. The second kappa shape index (κ2) is 5.50. The van der Waals surface area contributed by atoms with E-state index in [2.05, 4.69) is 5.32 Å². The number of benzene rings is 1. The molecule has 20 heavy (non-hydrogen) atoms. The lowest BCUT2D eigenvalue weighted by Crippen LogP contribution is -2.33. The van der Waals surface area contributed by atoms with E-state index < -0.39 is 0 Å². The summed E-state index contributed by atoms with van der Waals surface area (Å²) in [6.45, 7) is 2.42. The van der Waals surface area contributed by atoms with Crippen LogP contribution in [-0.2, 0) is 4.79 Å². The molecule has 0 atom stereocenters. The molecule has 0 bridgehead atoms. The van der Waals surface area contributed by atoms with E-state index in [9.17, 15) is 9.59 Å². The first-order chi connectivity index (χ1) is 9.72. The standard InChI is InChI=1S/C14H16N2O4/c17-11(8-16-5-3-14(18)15-4-6-16)10-1-2-12-13(7-10)20-9-19-12/h1-2,7H,3-6,8-9H2,(H,15,18). The van der Waals surface area contributed by atoms with E-state index in [-0.39, 0.29) is 18.5 Å². The van der Waals surface area contributed by atoms with Crippen LogP contribution in [0.2, 0.25) is 0 Å². The van der Waals surface area contributed by atoms with Crippen molar-refractivity contribution < 1.29 is 19.1 Å². The Balaban J connectivity index is 1.65. The fraction of sp³-hybridized carbons (Fsp3) is 0.429. The molecule has 1 amide bonds. The Morgan fingerprint density at radius 1 is 1.25 bits per heavy atom. The highest BCUT2D eigenvalue weighted by Gasteiger charge is 2.19. The van der Waals surface area contributed by atoms with Crippen molar-refractivity contribution in [3.05, 3.63) is 23.8 Å². The molecule has 0 radical (unpaired) electrons. The second-order valence-electron chi connectivity index (χ2n) is 4.87. The molecule has 2 aliphatic heterocycles. The Morgan fingerprint density at radius 3 is 3.00 bits per heavy atom. The van der Waals surface area contributed by atoms with Gasteiger partial charge in [0.2, 0.25) is 12.7 Å². The smallest absolute Gasteiger partial charge is 0.231 e. The molecule has 0 aromatic heterocycles. The number of carbonyl (C=O) groups is 2. The SMILES string of the molecule is O=C1CCN(CC(=O)c2ccc3c(c2)OCO3)CCN1. The van der Waals surface area contributed by atoms with Crippen LogP contribution in [0.3, 0.4) is 0 Å². The van der Waals surface area contributed by atoms with Crippen LogP contribution < -0.4 is 14.8 Å². The van der Waals surface area contributed by atoms with Crippen molar-refractivity contribution in [2.75, 3.05) is 33.0 Å². The van der Waals surface area contributed by atoms with Crippen molar-refractivity contribution >= 4 is 11.7 Å². The van der Waals surface area contributed by atoms with E-state index in [1.54, 1.807) is 18.2 Å². The van der Waals surface area contributed by atoms with Gasteiger partial charge in [-0.1, -0.05) is 0 Å². The number of amides is 1. The lowest BCUT2D eigenvalue weighted by Gasteiger charge is -2.17.